The molecule has 0 radical (unpaired) electrons. The number of aromatic nitrogens is 2. The van der Waals surface area contributed by atoms with Crippen LogP contribution in [0.5, 0.6) is 5.75 Å². The molecule has 182 valence electrons. The second-order valence-electron chi connectivity index (χ2n) is 8.92. The van der Waals surface area contributed by atoms with E-state index in [1.807, 2.05) is 0 Å². The summed E-state index contributed by atoms with van der Waals surface area (Å²) in [6, 6.07) is 8.06. The van der Waals surface area contributed by atoms with Gasteiger partial charge in [0.25, 0.3) is 5.91 Å². The first-order valence-corrected chi connectivity index (χ1v) is 11.7. The van der Waals surface area contributed by atoms with E-state index in [1.165, 1.54) is 24.3 Å². The normalized spacial score (nSPS) is 23.4. The molecule has 0 saturated heterocycles. The summed E-state index contributed by atoms with van der Waals surface area (Å²) in [6.07, 6.45) is 2.03. The summed E-state index contributed by atoms with van der Waals surface area (Å²) < 4.78 is 38.6. The maximum atomic E-state index is 13.8. The Labute approximate surface area is 208 Å². The van der Waals surface area contributed by atoms with Gasteiger partial charge in [0.15, 0.2) is 12.4 Å². The maximum absolute atomic E-state index is 13.8. The van der Waals surface area contributed by atoms with Crippen LogP contribution in [0.25, 0.3) is 11.5 Å². The van der Waals surface area contributed by atoms with Crippen LogP contribution in [0.1, 0.15) is 38.0 Å². The molecule has 6 rings (SSSR count). The summed E-state index contributed by atoms with van der Waals surface area (Å²) in [5, 5.41) is 11.0. The molecule has 1 aromatic heterocycles. The van der Waals surface area contributed by atoms with Crippen LogP contribution in [0.3, 0.4) is 0 Å². The SMILES string of the molecule is O=C(COc1ccc(Cl)c(F)c1)NC12CCC(c3nnc(-c4ccc(Cl)c(F)c4)o3)(CC1)C(=O)C2. The smallest absolute Gasteiger partial charge is 0.258 e. The van der Waals surface area contributed by atoms with Gasteiger partial charge in [0.2, 0.25) is 11.8 Å². The number of carbonyl (C=O) groups is 2. The number of hydrogen-bond donors (Lipinski definition) is 1. The van der Waals surface area contributed by atoms with Crippen LogP contribution in [0.2, 0.25) is 10.0 Å². The average molecular weight is 522 g/mol. The lowest BCUT2D eigenvalue weighted by Gasteiger charge is -2.50. The molecule has 1 N–H and O–H groups in total. The molecule has 0 atom stereocenters. The van der Waals surface area contributed by atoms with Crippen LogP contribution >= 0.6 is 23.2 Å². The van der Waals surface area contributed by atoms with Gasteiger partial charge in [-0.05, 0) is 56.0 Å². The van der Waals surface area contributed by atoms with Crippen molar-refractivity contribution < 1.29 is 27.5 Å². The lowest BCUT2D eigenvalue weighted by molar-refractivity contribution is -0.137. The highest BCUT2D eigenvalue weighted by atomic mass is 35.5. The Balaban J connectivity index is 1.25. The van der Waals surface area contributed by atoms with Crippen molar-refractivity contribution in [2.45, 2.75) is 43.1 Å². The molecule has 3 fully saturated rings. The molecule has 3 aliphatic rings. The highest BCUT2D eigenvalue weighted by Crippen LogP contribution is 2.51. The fraction of sp³-hybridized carbons (Fsp3) is 0.333. The van der Waals surface area contributed by atoms with Crippen molar-refractivity contribution in [2.24, 2.45) is 0 Å². The van der Waals surface area contributed by atoms with Gasteiger partial charge in [-0.15, -0.1) is 10.2 Å². The molecule has 1 heterocycles. The van der Waals surface area contributed by atoms with Gasteiger partial charge < -0.3 is 14.5 Å². The molecule has 2 aromatic carbocycles. The monoisotopic (exact) mass is 521 g/mol. The largest absolute Gasteiger partial charge is 0.484 e. The van der Waals surface area contributed by atoms with Crippen molar-refractivity contribution >= 4 is 34.9 Å². The summed E-state index contributed by atoms with van der Waals surface area (Å²) in [7, 11) is 0. The van der Waals surface area contributed by atoms with Gasteiger partial charge >= 0.3 is 0 Å². The molecule has 0 unspecified atom stereocenters. The van der Waals surface area contributed by atoms with Crippen molar-refractivity contribution in [1.29, 1.82) is 0 Å². The molecule has 2 bridgehead atoms. The number of halogens is 4. The van der Waals surface area contributed by atoms with Gasteiger partial charge in [-0.1, -0.05) is 23.2 Å². The summed E-state index contributed by atoms with van der Waals surface area (Å²) in [6.45, 7) is -0.327. The average Bonchev–Trinajstić information content (AvgIpc) is 3.33. The highest BCUT2D eigenvalue weighted by molar-refractivity contribution is 6.31. The Hall–Kier alpha value is -3.04. The fourth-order valence-electron chi connectivity index (χ4n) is 4.80. The van der Waals surface area contributed by atoms with Crippen LogP contribution < -0.4 is 10.1 Å². The molecular weight excluding hydrogens is 503 g/mol. The van der Waals surface area contributed by atoms with Crippen LogP contribution in [0.4, 0.5) is 8.78 Å². The number of nitrogens with one attached hydrogen (secondary N) is 1. The van der Waals surface area contributed by atoms with Crippen molar-refractivity contribution in [1.82, 2.24) is 15.5 Å². The molecule has 0 aliphatic heterocycles. The minimum atomic E-state index is -0.931. The van der Waals surface area contributed by atoms with E-state index in [2.05, 4.69) is 15.5 Å². The maximum Gasteiger partial charge on any atom is 0.258 e. The Morgan fingerprint density at radius 1 is 1.03 bits per heavy atom. The zero-order chi connectivity index (χ0) is 24.8. The van der Waals surface area contributed by atoms with Gasteiger partial charge in [0.05, 0.1) is 10.0 Å². The fourth-order valence-corrected chi connectivity index (χ4v) is 5.03. The number of ketones is 1. The topological polar surface area (TPSA) is 94.3 Å². The Kier molecular flexibility index (Phi) is 6.01. The summed E-state index contributed by atoms with van der Waals surface area (Å²) in [5.74, 6) is -1.30. The van der Waals surface area contributed by atoms with Gasteiger partial charge in [-0.25, -0.2) is 8.78 Å². The van der Waals surface area contributed by atoms with Crippen molar-refractivity contribution in [3.05, 3.63) is 64.0 Å². The van der Waals surface area contributed by atoms with Crippen LogP contribution in [-0.4, -0.2) is 34.0 Å². The third kappa shape index (κ3) is 4.38. The predicted molar refractivity (Wildman–Crippen MR) is 122 cm³/mol. The number of nitrogens with zero attached hydrogens (tertiary/aromatic N) is 2. The minimum Gasteiger partial charge on any atom is -0.484 e. The molecule has 1 amide bonds. The molecule has 3 saturated carbocycles. The molecule has 7 nitrogen and oxygen atoms in total. The molecule has 11 heteroatoms. The van der Waals surface area contributed by atoms with E-state index in [0.717, 1.165) is 6.07 Å². The third-order valence-corrected chi connectivity index (χ3v) is 7.37. The first kappa shape index (κ1) is 23.7. The standard InChI is InChI=1S/C24H19Cl2F2N3O4/c25-15-3-1-13(9-17(15)27)21-30-31-22(35-21)24-7-5-23(6-8-24,11-19(24)32)29-20(33)12-34-14-2-4-16(26)18(28)10-14/h1-4,9-10H,5-8,11-12H2,(H,29,33). The second kappa shape index (κ2) is 8.87. The van der Waals surface area contributed by atoms with Crippen molar-refractivity contribution in [3.63, 3.8) is 0 Å². The molecular formula is C24H19Cl2F2N3O4. The number of benzene rings is 2. The molecule has 3 aromatic rings. The van der Waals surface area contributed by atoms with Gasteiger partial charge in [0.1, 0.15) is 22.8 Å². The quantitative estimate of drug-likeness (QED) is 0.488. The Morgan fingerprint density at radius 3 is 2.37 bits per heavy atom. The number of rotatable bonds is 6. The van der Waals surface area contributed by atoms with E-state index in [9.17, 15) is 18.4 Å². The lowest BCUT2D eigenvalue weighted by atomic mass is 9.56. The van der Waals surface area contributed by atoms with E-state index < -0.39 is 28.5 Å². The van der Waals surface area contributed by atoms with E-state index >= 15 is 0 Å². The van der Waals surface area contributed by atoms with Gasteiger partial charge in [-0.3, -0.25) is 9.59 Å². The van der Waals surface area contributed by atoms with E-state index in [1.54, 1.807) is 6.07 Å². The van der Waals surface area contributed by atoms with Crippen LogP contribution in [0, 0.1) is 11.6 Å². The van der Waals surface area contributed by atoms with Gasteiger partial charge in [-0.2, -0.15) is 0 Å². The zero-order valence-corrected chi connectivity index (χ0v) is 19.8. The van der Waals surface area contributed by atoms with Crippen molar-refractivity contribution in [3.8, 4) is 17.2 Å². The number of hydrogen-bond acceptors (Lipinski definition) is 6. The zero-order valence-electron chi connectivity index (χ0n) is 18.2. The Bertz CT molecular complexity index is 1320. The molecule has 0 spiro atoms. The third-order valence-electron chi connectivity index (χ3n) is 6.76. The van der Waals surface area contributed by atoms with Crippen molar-refractivity contribution in [2.75, 3.05) is 6.61 Å². The van der Waals surface area contributed by atoms with Gasteiger partial charge in [0, 0.05) is 23.6 Å². The summed E-state index contributed by atoms with van der Waals surface area (Å²) >= 11 is 11.4. The second-order valence-corrected chi connectivity index (χ2v) is 9.73. The minimum absolute atomic E-state index is 0.0223. The number of Topliss-reactive ketones (excluding diaryl/α,β-unsaturated/α-hetero) is 1. The number of carbonyl (C=O) groups excluding carboxylic acids is 2. The summed E-state index contributed by atoms with van der Waals surface area (Å²) in [4.78, 5) is 25.8. The number of amides is 1. The number of ether oxygens (including phenoxy) is 1. The molecule has 35 heavy (non-hydrogen) atoms. The van der Waals surface area contributed by atoms with Crippen LogP contribution in [0.15, 0.2) is 40.8 Å². The Morgan fingerprint density at radius 2 is 1.71 bits per heavy atom. The highest BCUT2D eigenvalue weighted by Gasteiger charge is 2.58. The van der Waals surface area contributed by atoms with E-state index in [-0.39, 0.29) is 46.4 Å². The van der Waals surface area contributed by atoms with E-state index in [0.29, 0.717) is 31.2 Å². The molecule has 3 aliphatic carbocycles. The first-order chi connectivity index (χ1) is 16.7. The number of fused-ring (bicyclic) bond motifs is 3. The lowest BCUT2D eigenvalue weighted by Crippen LogP contribution is -2.62. The first-order valence-electron chi connectivity index (χ1n) is 10.9. The predicted octanol–water partition coefficient (Wildman–Crippen LogP) is 5.04. The van der Waals surface area contributed by atoms with Crippen LogP contribution in [-0.2, 0) is 15.0 Å². The van der Waals surface area contributed by atoms with E-state index in [4.69, 9.17) is 32.4 Å². The summed E-state index contributed by atoms with van der Waals surface area (Å²) in [5.41, 5.74) is -1.25.